The molecule has 0 aromatic heterocycles. The largest absolute Gasteiger partial charge is 0.497 e. The highest BCUT2D eigenvalue weighted by atomic mass is 31.2. The number of ether oxygens (including phenoxy) is 6. The molecule has 0 aliphatic carbocycles. The third-order valence-electron chi connectivity index (χ3n) is 10.3. The number of methoxy groups -OCH3 is 1. The van der Waals surface area contributed by atoms with Gasteiger partial charge in [-0.1, -0.05) is 115 Å². The van der Waals surface area contributed by atoms with Crippen LogP contribution in [0.1, 0.15) is 141 Å². The number of benzene rings is 2. The maximum absolute atomic E-state index is 12.5. The fourth-order valence-corrected chi connectivity index (χ4v) is 7.21. The lowest BCUT2D eigenvalue weighted by molar-refractivity contribution is -0.870. The second-order valence-corrected chi connectivity index (χ2v) is 18.2. The van der Waals surface area contributed by atoms with Crippen molar-refractivity contribution in [1.82, 2.24) is 5.32 Å². The zero-order valence-corrected chi connectivity index (χ0v) is 38.8. The predicted octanol–water partition coefficient (Wildman–Crippen LogP) is 10.7. The molecule has 0 saturated carbocycles. The first kappa shape index (κ1) is 53.5. The Labute approximate surface area is 358 Å². The SMILES string of the molecule is CCCCCCCCCCCCCCCCCOCOCC(COP(=O)(O)OCC[N+](C)(C)C)OCOCCCCCNCOC(C)c1ccc2cc(OC)ccc2c1. The van der Waals surface area contributed by atoms with Gasteiger partial charge in [0.1, 0.15) is 38.6 Å². The molecule has 3 unspecified atom stereocenters. The Morgan fingerprint density at radius 3 is 1.86 bits per heavy atom. The third kappa shape index (κ3) is 29.3. The van der Waals surface area contributed by atoms with Crippen LogP contribution in [-0.2, 0) is 37.3 Å². The van der Waals surface area contributed by atoms with Gasteiger partial charge < -0.3 is 37.8 Å². The van der Waals surface area contributed by atoms with Crippen LogP contribution in [0.15, 0.2) is 36.4 Å². The summed E-state index contributed by atoms with van der Waals surface area (Å²) in [6.45, 7) is 7.57. The van der Waals surface area contributed by atoms with E-state index >= 15 is 0 Å². The van der Waals surface area contributed by atoms with Gasteiger partial charge in [-0.15, -0.1) is 0 Å². The van der Waals surface area contributed by atoms with Crippen LogP contribution in [0.5, 0.6) is 5.75 Å². The van der Waals surface area contributed by atoms with Crippen molar-refractivity contribution >= 4 is 18.6 Å². The molecule has 0 fully saturated rings. The fourth-order valence-electron chi connectivity index (χ4n) is 6.47. The van der Waals surface area contributed by atoms with Crippen LogP contribution >= 0.6 is 7.82 Å². The van der Waals surface area contributed by atoms with Gasteiger partial charge in [-0.3, -0.25) is 14.4 Å². The number of hydrogen-bond acceptors (Lipinski definition) is 10. The monoisotopic (exact) mass is 856 g/mol. The summed E-state index contributed by atoms with van der Waals surface area (Å²) < 4.78 is 57.8. The number of likely N-dealkylation sites (N-methyl/N-ethyl adjacent to an activating group) is 1. The van der Waals surface area contributed by atoms with Crippen molar-refractivity contribution in [3.63, 3.8) is 0 Å². The highest BCUT2D eigenvalue weighted by Gasteiger charge is 2.25. The van der Waals surface area contributed by atoms with Crippen LogP contribution in [0.3, 0.4) is 0 Å². The van der Waals surface area contributed by atoms with Crippen LogP contribution < -0.4 is 10.1 Å². The summed E-state index contributed by atoms with van der Waals surface area (Å²) >= 11 is 0. The molecule has 59 heavy (non-hydrogen) atoms. The van der Waals surface area contributed by atoms with E-state index in [4.69, 9.17) is 37.5 Å². The molecule has 342 valence electrons. The first-order chi connectivity index (χ1) is 28.5. The molecule has 0 bridgehead atoms. The van der Waals surface area contributed by atoms with Gasteiger partial charge in [0.05, 0.1) is 54.3 Å². The molecule has 0 spiro atoms. The second kappa shape index (κ2) is 33.9. The molecule has 2 aromatic carbocycles. The maximum atomic E-state index is 12.5. The van der Waals surface area contributed by atoms with Crippen LogP contribution in [0, 0.1) is 0 Å². The van der Waals surface area contributed by atoms with Gasteiger partial charge in [0.25, 0.3) is 0 Å². The van der Waals surface area contributed by atoms with Crippen molar-refractivity contribution in [1.29, 1.82) is 0 Å². The first-order valence-corrected chi connectivity index (χ1v) is 24.2. The molecule has 0 aliphatic heterocycles. The molecule has 0 saturated heterocycles. The summed E-state index contributed by atoms with van der Waals surface area (Å²) in [6.07, 6.45) is 22.1. The zero-order chi connectivity index (χ0) is 42.9. The van der Waals surface area contributed by atoms with Crippen LogP contribution in [0.2, 0.25) is 0 Å². The lowest BCUT2D eigenvalue weighted by atomic mass is 10.0. The van der Waals surface area contributed by atoms with E-state index in [0.717, 1.165) is 60.7 Å². The number of quaternary nitrogens is 1. The minimum atomic E-state index is -4.25. The summed E-state index contributed by atoms with van der Waals surface area (Å²) in [4.78, 5) is 10.2. The first-order valence-electron chi connectivity index (χ1n) is 22.7. The Balaban J connectivity index is 1.53. The van der Waals surface area contributed by atoms with Gasteiger partial charge in [0.2, 0.25) is 0 Å². The van der Waals surface area contributed by atoms with Crippen LogP contribution in [0.25, 0.3) is 10.8 Å². The van der Waals surface area contributed by atoms with Gasteiger partial charge in [0, 0.05) is 13.2 Å². The van der Waals surface area contributed by atoms with E-state index in [0.29, 0.717) is 31.0 Å². The smallest absolute Gasteiger partial charge is 0.472 e. The number of phosphoric ester groups is 1. The molecular weight excluding hydrogens is 771 g/mol. The van der Waals surface area contributed by atoms with Gasteiger partial charge in [-0.2, -0.15) is 0 Å². The Hall–Kier alpha value is -1.67. The average Bonchev–Trinajstić information content (AvgIpc) is 3.21. The fraction of sp³-hybridized carbons (Fsp3) is 0.783. The molecule has 2 N–H and O–H groups in total. The van der Waals surface area contributed by atoms with Gasteiger partial charge in [0.15, 0.2) is 0 Å². The summed E-state index contributed by atoms with van der Waals surface area (Å²) in [5.74, 6) is 0.852. The molecule has 13 heteroatoms. The highest BCUT2D eigenvalue weighted by molar-refractivity contribution is 7.47. The predicted molar refractivity (Wildman–Crippen MR) is 239 cm³/mol. The van der Waals surface area contributed by atoms with E-state index in [9.17, 15) is 9.46 Å². The number of phosphoric acid groups is 1. The lowest BCUT2D eigenvalue weighted by Crippen LogP contribution is -2.37. The van der Waals surface area contributed by atoms with Crippen molar-refractivity contribution in [3.05, 3.63) is 42.0 Å². The number of rotatable bonds is 41. The highest BCUT2D eigenvalue weighted by Crippen LogP contribution is 2.43. The number of nitrogens with zero attached hydrogens (tertiary/aromatic N) is 1. The number of nitrogens with one attached hydrogen (secondary N) is 1. The number of fused-ring (bicyclic) bond motifs is 1. The Bertz CT molecular complexity index is 1350. The van der Waals surface area contributed by atoms with Crippen molar-refractivity contribution in [2.24, 2.45) is 0 Å². The maximum Gasteiger partial charge on any atom is 0.472 e. The quantitative estimate of drug-likeness (QED) is 0.0288. The number of unbranched alkanes of at least 4 members (excludes halogenated alkanes) is 16. The van der Waals surface area contributed by atoms with E-state index in [1.165, 1.54) is 83.5 Å². The van der Waals surface area contributed by atoms with Crippen molar-refractivity contribution in [3.8, 4) is 5.75 Å². The molecule has 0 heterocycles. The van der Waals surface area contributed by atoms with Crippen molar-refractivity contribution < 1.29 is 51.4 Å². The standard InChI is InChI=1S/C46H83N2O10P/c1-7-8-9-10-11-12-13-14-15-16-17-18-19-20-23-31-52-39-54-36-46(37-58-59(49,50)57-33-30-48(3,4)5)56-40-53-32-24-21-22-29-47-38-55-41(2)42-25-26-44-35-45(51-6)28-27-43(44)34-42/h25-28,34-35,41,46-47H,7-24,29-33,36-40H2,1-6H3/p+1. The van der Waals surface area contributed by atoms with Crippen molar-refractivity contribution in [2.75, 3.05) is 94.7 Å². The number of hydrogen-bond donors (Lipinski definition) is 2. The van der Waals surface area contributed by atoms with E-state index in [-0.39, 0.29) is 39.5 Å². The molecule has 3 atom stereocenters. The van der Waals surface area contributed by atoms with E-state index in [2.05, 4.69) is 43.4 Å². The molecule has 2 aromatic rings. The van der Waals surface area contributed by atoms with E-state index < -0.39 is 13.9 Å². The minimum Gasteiger partial charge on any atom is -0.497 e. The molecular formula is C46H84N2O10P+. The average molecular weight is 856 g/mol. The molecule has 0 radical (unpaired) electrons. The summed E-state index contributed by atoms with van der Waals surface area (Å²) in [6, 6.07) is 12.4. The normalized spacial score (nSPS) is 14.2. The van der Waals surface area contributed by atoms with Gasteiger partial charge in [-0.05, 0) is 73.7 Å². The molecule has 0 aliphatic rings. The molecule has 12 nitrogen and oxygen atoms in total. The zero-order valence-electron chi connectivity index (χ0n) is 37.9. The Kier molecular flexibility index (Phi) is 30.7. The summed E-state index contributed by atoms with van der Waals surface area (Å²) in [5, 5.41) is 5.67. The third-order valence-corrected chi connectivity index (χ3v) is 11.3. The van der Waals surface area contributed by atoms with Gasteiger partial charge in [-0.25, -0.2) is 4.57 Å². The molecule has 0 amide bonds. The lowest BCUT2D eigenvalue weighted by Gasteiger charge is -2.24. The van der Waals surface area contributed by atoms with Crippen LogP contribution in [-0.4, -0.2) is 110 Å². The minimum absolute atomic E-state index is 0.0156. The molecule has 2 rings (SSSR count). The summed E-state index contributed by atoms with van der Waals surface area (Å²) in [7, 11) is 3.38. The Morgan fingerprint density at radius 2 is 1.24 bits per heavy atom. The van der Waals surface area contributed by atoms with Crippen molar-refractivity contribution in [2.45, 2.75) is 142 Å². The van der Waals surface area contributed by atoms with E-state index in [1.54, 1.807) is 7.11 Å². The Morgan fingerprint density at radius 1 is 0.661 bits per heavy atom. The van der Waals surface area contributed by atoms with Crippen LogP contribution in [0.4, 0.5) is 0 Å². The topological polar surface area (TPSA) is 123 Å². The second-order valence-electron chi connectivity index (χ2n) is 16.8. The van der Waals surface area contributed by atoms with E-state index in [1.807, 2.05) is 33.3 Å². The summed E-state index contributed by atoms with van der Waals surface area (Å²) in [5.41, 5.74) is 1.14. The van der Waals surface area contributed by atoms with Gasteiger partial charge >= 0.3 is 7.82 Å².